The van der Waals surface area contributed by atoms with Gasteiger partial charge in [0.25, 0.3) is 0 Å². The maximum absolute atomic E-state index is 5.99. The number of hydrogen-bond acceptors (Lipinski definition) is 4. The zero-order valence-electron chi connectivity index (χ0n) is 10.7. The van der Waals surface area contributed by atoms with Crippen molar-refractivity contribution in [2.24, 2.45) is 0 Å². The van der Waals surface area contributed by atoms with E-state index in [-0.39, 0.29) is 0 Å². The number of nitrogens with zero attached hydrogens (tertiary/aromatic N) is 1. The summed E-state index contributed by atoms with van der Waals surface area (Å²) in [6.07, 6.45) is 0. The van der Waals surface area contributed by atoms with Crippen molar-refractivity contribution in [1.82, 2.24) is 4.98 Å². The van der Waals surface area contributed by atoms with E-state index in [9.17, 15) is 0 Å². The molecule has 0 aliphatic heterocycles. The molecule has 0 radical (unpaired) electrons. The van der Waals surface area contributed by atoms with E-state index in [0.717, 1.165) is 27.6 Å². The summed E-state index contributed by atoms with van der Waals surface area (Å²) in [6, 6.07) is 11.4. The maximum Gasteiger partial charge on any atom is 0.120 e. The summed E-state index contributed by atoms with van der Waals surface area (Å²) in [4.78, 5) is 4.59. The summed E-state index contributed by atoms with van der Waals surface area (Å²) in [7, 11) is 0. The van der Waals surface area contributed by atoms with Crippen LogP contribution in [0.3, 0.4) is 0 Å². The fraction of sp³-hybridized carbons (Fsp3) is 0.133. The van der Waals surface area contributed by atoms with E-state index in [1.165, 1.54) is 0 Å². The van der Waals surface area contributed by atoms with Crippen LogP contribution in [0.2, 0.25) is 0 Å². The van der Waals surface area contributed by atoms with Gasteiger partial charge in [-0.3, -0.25) is 0 Å². The lowest BCUT2D eigenvalue weighted by atomic mass is 10.1. The maximum atomic E-state index is 5.99. The number of benzene rings is 2. The van der Waals surface area contributed by atoms with Gasteiger partial charge in [-0.25, -0.2) is 4.98 Å². The molecule has 0 saturated carbocycles. The Hall–Kier alpha value is -2.49. The summed E-state index contributed by atoms with van der Waals surface area (Å²) < 4.78 is 5.50. The van der Waals surface area contributed by atoms with Crippen molar-refractivity contribution in [2.45, 2.75) is 6.92 Å². The normalized spacial score (nSPS) is 11.0. The van der Waals surface area contributed by atoms with E-state index in [0.29, 0.717) is 18.0 Å². The highest BCUT2D eigenvalue weighted by Gasteiger charge is 2.05. The molecule has 1 aromatic heterocycles. The number of hydrogen-bond donors (Lipinski definition) is 2. The Morgan fingerprint density at radius 3 is 2.68 bits per heavy atom. The Balaban J connectivity index is 2.29. The predicted molar refractivity (Wildman–Crippen MR) is 79.2 cm³/mol. The van der Waals surface area contributed by atoms with E-state index < -0.39 is 0 Å². The SMILES string of the molecule is CCOc1ccc2nc3cc(N)cc(N)c3cc2c1. The minimum absolute atomic E-state index is 0.628. The van der Waals surface area contributed by atoms with Gasteiger partial charge < -0.3 is 16.2 Å². The summed E-state index contributed by atoms with van der Waals surface area (Å²) >= 11 is 0. The third kappa shape index (κ3) is 2.01. The Bertz CT molecular complexity index is 768. The number of nitrogens with two attached hydrogens (primary N) is 2. The van der Waals surface area contributed by atoms with Crippen LogP contribution in [0.4, 0.5) is 11.4 Å². The molecule has 0 amide bonds. The smallest absolute Gasteiger partial charge is 0.120 e. The van der Waals surface area contributed by atoms with Crippen molar-refractivity contribution in [3.05, 3.63) is 36.4 Å². The van der Waals surface area contributed by atoms with E-state index in [1.807, 2.05) is 37.3 Å². The fourth-order valence-corrected chi connectivity index (χ4v) is 2.22. The molecule has 96 valence electrons. The summed E-state index contributed by atoms with van der Waals surface area (Å²) in [5.41, 5.74) is 14.8. The zero-order valence-corrected chi connectivity index (χ0v) is 10.7. The van der Waals surface area contributed by atoms with Crippen LogP contribution in [0.15, 0.2) is 36.4 Å². The topological polar surface area (TPSA) is 74.2 Å². The van der Waals surface area contributed by atoms with E-state index in [4.69, 9.17) is 16.2 Å². The second-order valence-electron chi connectivity index (χ2n) is 4.45. The highest BCUT2D eigenvalue weighted by atomic mass is 16.5. The van der Waals surface area contributed by atoms with Gasteiger partial charge in [-0.15, -0.1) is 0 Å². The molecule has 1 heterocycles. The molecular formula is C15H15N3O. The monoisotopic (exact) mass is 253 g/mol. The highest BCUT2D eigenvalue weighted by molar-refractivity contribution is 6.00. The number of anilines is 2. The Labute approximate surface area is 111 Å². The zero-order chi connectivity index (χ0) is 13.4. The lowest BCUT2D eigenvalue weighted by molar-refractivity contribution is 0.340. The molecule has 4 nitrogen and oxygen atoms in total. The lowest BCUT2D eigenvalue weighted by Crippen LogP contribution is -1.94. The molecule has 3 aromatic rings. The fourth-order valence-electron chi connectivity index (χ4n) is 2.22. The molecule has 0 unspecified atom stereocenters. The van der Waals surface area contributed by atoms with Gasteiger partial charge in [-0.2, -0.15) is 0 Å². The van der Waals surface area contributed by atoms with E-state index in [2.05, 4.69) is 4.98 Å². The van der Waals surface area contributed by atoms with Crippen LogP contribution in [-0.2, 0) is 0 Å². The Morgan fingerprint density at radius 1 is 1.05 bits per heavy atom. The first kappa shape index (κ1) is 11.6. The quantitative estimate of drug-likeness (QED) is 0.544. The molecule has 0 aliphatic rings. The van der Waals surface area contributed by atoms with Crippen LogP contribution >= 0.6 is 0 Å². The third-order valence-corrected chi connectivity index (χ3v) is 3.06. The Morgan fingerprint density at radius 2 is 1.89 bits per heavy atom. The second kappa shape index (κ2) is 4.31. The first-order chi connectivity index (χ1) is 9.17. The minimum Gasteiger partial charge on any atom is -0.494 e. The van der Waals surface area contributed by atoms with Crippen molar-refractivity contribution in [2.75, 3.05) is 18.1 Å². The minimum atomic E-state index is 0.628. The van der Waals surface area contributed by atoms with Gasteiger partial charge in [-0.1, -0.05) is 0 Å². The van der Waals surface area contributed by atoms with Gasteiger partial charge in [0.05, 0.1) is 17.6 Å². The molecule has 0 saturated heterocycles. The summed E-state index contributed by atoms with van der Waals surface area (Å²) in [6.45, 7) is 2.61. The molecule has 0 fully saturated rings. The third-order valence-electron chi connectivity index (χ3n) is 3.06. The standard InChI is InChI=1S/C15H15N3O/c1-2-19-11-3-4-14-9(5-11)6-12-13(17)7-10(16)8-15(12)18-14/h3-8H,2,16-17H2,1H3. The highest BCUT2D eigenvalue weighted by Crippen LogP contribution is 2.28. The van der Waals surface area contributed by atoms with E-state index >= 15 is 0 Å². The van der Waals surface area contributed by atoms with Crippen LogP contribution in [0.25, 0.3) is 21.8 Å². The van der Waals surface area contributed by atoms with Crippen LogP contribution in [0, 0.1) is 0 Å². The van der Waals surface area contributed by atoms with Crippen LogP contribution in [0.1, 0.15) is 6.92 Å². The van der Waals surface area contributed by atoms with Gasteiger partial charge in [0, 0.05) is 22.1 Å². The first-order valence-electron chi connectivity index (χ1n) is 6.19. The molecule has 2 aromatic carbocycles. The molecule has 4 heteroatoms. The second-order valence-corrected chi connectivity index (χ2v) is 4.45. The average molecular weight is 253 g/mol. The average Bonchev–Trinajstić information content (AvgIpc) is 2.37. The van der Waals surface area contributed by atoms with Gasteiger partial charge >= 0.3 is 0 Å². The van der Waals surface area contributed by atoms with Crippen molar-refractivity contribution < 1.29 is 4.74 Å². The number of ether oxygens (including phenoxy) is 1. The molecular weight excluding hydrogens is 238 g/mol. The molecule has 4 N–H and O–H groups in total. The Kier molecular flexibility index (Phi) is 2.63. The summed E-state index contributed by atoms with van der Waals surface area (Å²) in [5.74, 6) is 0.838. The van der Waals surface area contributed by atoms with Crippen molar-refractivity contribution in [3.8, 4) is 5.75 Å². The predicted octanol–water partition coefficient (Wildman–Crippen LogP) is 2.95. The number of nitrogen functional groups attached to an aromatic ring is 2. The van der Waals surface area contributed by atoms with Crippen LogP contribution in [0.5, 0.6) is 5.75 Å². The number of aromatic nitrogens is 1. The van der Waals surface area contributed by atoms with Crippen molar-refractivity contribution in [1.29, 1.82) is 0 Å². The van der Waals surface area contributed by atoms with Crippen LogP contribution < -0.4 is 16.2 Å². The van der Waals surface area contributed by atoms with Gasteiger partial charge in [-0.05, 0) is 43.3 Å². The largest absolute Gasteiger partial charge is 0.494 e. The summed E-state index contributed by atoms with van der Waals surface area (Å²) in [5, 5.41) is 1.92. The van der Waals surface area contributed by atoms with Crippen molar-refractivity contribution in [3.63, 3.8) is 0 Å². The number of pyridine rings is 1. The number of rotatable bonds is 2. The first-order valence-corrected chi connectivity index (χ1v) is 6.19. The van der Waals surface area contributed by atoms with Gasteiger partial charge in [0.1, 0.15) is 5.75 Å². The van der Waals surface area contributed by atoms with Gasteiger partial charge in [0.2, 0.25) is 0 Å². The molecule has 0 aliphatic carbocycles. The molecule has 19 heavy (non-hydrogen) atoms. The lowest BCUT2D eigenvalue weighted by Gasteiger charge is -2.08. The molecule has 0 spiro atoms. The molecule has 3 rings (SSSR count). The van der Waals surface area contributed by atoms with E-state index in [1.54, 1.807) is 6.07 Å². The van der Waals surface area contributed by atoms with Gasteiger partial charge in [0.15, 0.2) is 0 Å². The number of fused-ring (bicyclic) bond motifs is 2. The van der Waals surface area contributed by atoms with Crippen LogP contribution in [-0.4, -0.2) is 11.6 Å². The molecule has 0 atom stereocenters. The van der Waals surface area contributed by atoms with Crippen molar-refractivity contribution >= 4 is 33.2 Å². The molecule has 0 bridgehead atoms.